The first-order valence-electron chi connectivity index (χ1n) is 19.3. The third-order valence-electron chi connectivity index (χ3n) is 9.33. The number of carbonyl (C=O) groups excluding carboxylic acids is 1. The van der Waals surface area contributed by atoms with Gasteiger partial charge in [0.05, 0.1) is 0 Å². The van der Waals surface area contributed by atoms with Gasteiger partial charge in [-0.2, -0.15) is 0 Å². The standard InChI is InChI=1S/C44H66O2S/c1-8-14-23-36-31-38(25-16-10-3)43(39(32-36)26-17-11-4)47(46-35(7)45,42-29-21-20-22-30-42)44-40(27-18-12-5)33-37(24-15-9-2)34-41(44)28-19-13-6/h20-22,29-34H,8-19,23-28H2,1-7H3. The zero-order valence-corrected chi connectivity index (χ0v) is 32.0. The van der Waals surface area contributed by atoms with E-state index < -0.39 is 10.3 Å². The molecule has 3 aromatic rings. The summed E-state index contributed by atoms with van der Waals surface area (Å²) in [6.45, 7) is 15.4. The summed E-state index contributed by atoms with van der Waals surface area (Å²) in [4.78, 5) is 17.5. The molecule has 0 spiro atoms. The maximum atomic E-state index is 13.7. The Morgan fingerprint density at radius 1 is 0.511 bits per heavy atom. The van der Waals surface area contributed by atoms with Gasteiger partial charge in [0.25, 0.3) is 0 Å². The Hall–Kier alpha value is -2.52. The van der Waals surface area contributed by atoms with Gasteiger partial charge < -0.3 is 4.18 Å². The van der Waals surface area contributed by atoms with Crippen molar-refractivity contribution in [3.63, 3.8) is 0 Å². The summed E-state index contributed by atoms with van der Waals surface area (Å²) in [6.07, 6.45) is 20.1. The lowest BCUT2D eigenvalue weighted by atomic mass is 9.96. The maximum absolute atomic E-state index is 13.7. The van der Waals surface area contributed by atoms with Crippen LogP contribution in [0.3, 0.4) is 0 Å². The minimum absolute atomic E-state index is 0.181. The number of unbranched alkanes of at least 4 members (excludes halogenated alkanes) is 6. The molecule has 0 radical (unpaired) electrons. The lowest BCUT2D eigenvalue weighted by Crippen LogP contribution is -2.19. The van der Waals surface area contributed by atoms with Crippen LogP contribution in [-0.4, -0.2) is 5.97 Å². The summed E-state index contributed by atoms with van der Waals surface area (Å²) in [5.41, 5.74) is 8.53. The van der Waals surface area contributed by atoms with Crippen LogP contribution in [0.1, 0.15) is 159 Å². The highest BCUT2D eigenvalue weighted by Crippen LogP contribution is 2.73. The molecule has 47 heavy (non-hydrogen) atoms. The van der Waals surface area contributed by atoms with Crippen molar-refractivity contribution in [2.75, 3.05) is 0 Å². The predicted molar refractivity (Wildman–Crippen MR) is 205 cm³/mol. The lowest BCUT2D eigenvalue weighted by molar-refractivity contribution is -0.131. The van der Waals surface area contributed by atoms with Gasteiger partial charge in [-0.3, -0.25) is 4.79 Å². The number of hydrogen-bond donors (Lipinski definition) is 0. The number of aryl methyl sites for hydroxylation is 6. The van der Waals surface area contributed by atoms with Crippen molar-refractivity contribution < 1.29 is 8.98 Å². The topological polar surface area (TPSA) is 26.3 Å². The molecule has 2 nitrogen and oxygen atoms in total. The summed E-state index contributed by atoms with van der Waals surface area (Å²) in [5.74, 6) is -0.181. The molecule has 0 atom stereocenters. The van der Waals surface area contributed by atoms with E-state index in [1.54, 1.807) is 6.92 Å². The molecule has 0 N–H and O–H groups in total. The number of benzene rings is 3. The highest BCUT2D eigenvalue weighted by Gasteiger charge is 2.41. The van der Waals surface area contributed by atoms with Crippen LogP contribution in [0, 0.1) is 0 Å². The number of carbonyl (C=O) groups is 1. The van der Waals surface area contributed by atoms with Gasteiger partial charge in [0.15, 0.2) is 0 Å². The van der Waals surface area contributed by atoms with Crippen LogP contribution in [0.2, 0.25) is 0 Å². The van der Waals surface area contributed by atoms with E-state index in [0.29, 0.717) is 0 Å². The molecule has 3 aromatic carbocycles. The first-order chi connectivity index (χ1) is 22.9. The third kappa shape index (κ3) is 10.5. The average Bonchev–Trinajstić information content (AvgIpc) is 3.08. The van der Waals surface area contributed by atoms with Crippen molar-refractivity contribution in [1.29, 1.82) is 0 Å². The van der Waals surface area contributed by atoms with E-state index in [1.807, 2.05) is 0 Å². The zero-order chi connectivity index (χ0) is 34.1. The summed E-state index contributed by atoms with van der Waals surface area (Å²) in [5, 5.41) is 0. The Morgan fingerprint density at radius 2 is 0.830 bits per heavy atom. The molecule has 0 aliphatic heterocycles. The highest BCUT2D eigenvalue weighted by molar-refractivity contribution is 8.30. The molecular weight excluding hydrogens is 593 g/mol. The Labute approximate surface area is 291 Å². The fourth-order valence-electron chi connectivity index (χ4n) is 6.91. The fraction of sp³-hybridized carbons (Fsp3) is 0.568. The quantitative estimate of drug-likeness (QED) is 0.107. The van der Waals surface area contributed by atoms with Gasteiger partial charge in [-0.15, -0.1) is 0 Å². The second-order valence-electron chi connectivity index (χ2n) is 13.6. The van der Waals surface area contributed by atoms with Crippen molar-refractivity contribution in [3.05, 3.63) is 88.0 Å². The highest BCUT2D eigenvalue weighted by atomic mass is 32.3. The Morgan fingerprint density at radius 3 is 1.13 bits per heavy atom. The molecule has 260 valence electrons. The van der Waals surface area contributed by atoms with E-state index in [1.165, 1.54) is 68.9 Å². The van der Waals surface area contributed by atoms with Gasteiger partial charge in [0.2, 0.25) is 0 Å². The van der Waals surface area contributed by atoms with Crippen molar-refractivity contribution in [3.8, 4) is 0 Å². The van der Waals surface area contributed by atoms with Gasteiger partial charge >= 0.3 is 5.97 Å². The Kier molecular flexibility index (Phi) is 17.2. The summed E-state index contributed by atoms with van der Waals surface area (Å²) in [7, 11) is -2.40. The van der Waals surface area contributed by atoms with Crippen molar-refractivity contribution in [2.45, 2.75) is 179 Å². The summed E-state index contributed by atoms with van der Waals surface area (Å²) < 4.78 is 7.17. The van der Waals surface area contributed by atoms with Crippen LogP contribution < -0.4 is 0 Å². The van der Waals surface area contributed by atoms with Crippen LogP contribution in [0.5, 0.6) is 0 Å². The third-order valence-corrected chi connectivity index (χ3v) is 13.0. The number of hydrogen-bond acceptors (Lipinski definition) is 2. The van der Waals surface area contributed by atoms with Crippen molar-refractivity contribution >= 4 is 16.3 Å². The SMILES string of the molecule is CCCCc1cc(CCCC)c(S(OC(C)=O)(c2ccccc2)c2c(CCCC)cc(CCCC)cc2CCCC)c(CCCC)c1. The molecule has 3 rings (SSSR count). The molecule has 0 aliphatic carbocycles. The van der Waals surface area contributed by atoms with E-state index in [4.69, 9.17) is 4.18 Å². The Balaban J connectivity index is 2.64. The molecular formula is C44H66O2S. The van der Waals surface area contributed by atoms with Crippen LogP contribution in [0.15, 0.2) is 69.3 Å². The molecule has 0 aromatic heterocycles. The molecule has 0 saturated carbocycles. The van der Waals surface area contributed by atoms with Gasteiger partial charge in [-0.25, -0.2) is 0 Å². The minimum atomic E-state index is -2.40. The fourth-order valence-corrected chi connectivity index (χ4v) is 10.9. The molecule has 0 heterocycles. The van der Waals surface area contributed by atoms with Gasteiger partial charge in [0, 0.05) is 21.6 Å². The molecule has 3 heteroatoms. The molecule has 0 fully saturated rings. The van der Waals surface area contributed by atoms with Crippen LogP contribution in [0.4, 0.5) is 0 Å². The Bertz CT molecular complexity index is 1230. The lowest BCUT2D eigenvalue weighted by Gasteiger charge is -2.44. The van der Waals surface area contributed by atoms with Crippen molar-refractivity contribution in [1.82, 2.24) is 0 Å². The first kappa shape index (κ1) is 38.9. The van der Waals surface area contributed by atoms with Crippen LogP contribution >= 0.6 is 10.3 Å². The molecule has 0 bridgehead atoms. The van der Waals surface area contributed by atoms with Crippen LogP contribution in [-0.2, 0) is 47.5 Å². The van der Waals surface area contributed by atoms with Crippen molar-refractivity contribution in [2.24, 2.45) is 0 Å². The van der Waals surface area contributed by atoms with Crippen LogP contribution in [0.25, 0.3) is 0 Å². The molecule has 0 amide bonds. The molecule has 0 unspecified atom stereocenters. The maximum Gasteiger partial charge on any atom is 0.313 e. The smallest absolute Gasteiger partial charge is 0.313 e. The van der Waals surface area contributed by atoms with Gasteiger partial charge in [0.1, 0.15) is 0 Å². The van der Waals surface area contributed by atoms with E-state index in [2.05, 4.69) is 96.1 Å². The van der Waals surface area contributed by atoms with E-state index >= 15 is 0 Å². The largest absolute Gasteiger partial charge is 0.402 e. The minimum Gasteiger partial charge on any atom is -0.402 e. The number of rotatable bonds is 22. The summed E-state index contributed by atoms with van der Waals surface area (Å²) in [6, 6.07) is 21.0. The van der Waals surface area contributed by atoms with E-state index in [9.17, 15) is 4.79 Å². The first-order valence-corrected chi connectivity index (χ1v) is 20.8. The average molecular weight is 659 g/mol. The van der Waals surface area contributed by atoms with Gasteiger partial charge in [-0.05, 0) is 133 Å². The monoisotopic (exact) mass is 658 g/mol. The van der Waals surface area contributed by atoms with E-state index in [0.717, 1.165) is 94.8 Å². The van der Waals surface area contributed by atoms with E-state index in [-0.39, 0.29) is 5.97 Å². The second-order valence-corrected chi connectivity index (χ2v) is 16.1. The van der Waals surface area contributed by atoms with Gasteiger partial charge in [-0.1, -0.05) is 123 Å². The molecule has 0 aliphatic rings. The zero-order valence-electron chi connectivity index (χ0n) is 31.1. The normalized spacial score (nSPS) is 12.0. The summed E-state index contributed by atoms with van der Waals surface area (Å²) >= 11 is 0. The molecule has 0 saturated heterocycles. The second kappa shape index (κ2) is 20.8. The predicted octanol–water partition coefficient (Wildman–Crippen LogP) is 13.5.